The van der Waals surface area contributed by atoms with Crippen LogP contribution in [0.25, 0.3) is 21.7 Å². The zero-order chi connectivity index (χ0) is 18.0. The van der Waals surface area contributed by atoms with E-state index in [1.165, 1.54) is 11.3 Å². The molecule has 5 nitrogen and oxygen atoms in total. The first-order chi connectivity index (χ1) is 11.8. The van der Waals surface area contributed by atoms with Crippen molar-refractivity contribution in [2.75, 3.05) is 6.61 Å². The predicted octanol–water partition coefficient (Wildman–Crippen LogP) is 4.59. The lowest BCUT2D eigenvalue weighted by Gasteiger charge is -2.17. The SMILES string of the molecule is C[Si](C)(C)CCOCn1c(-c2ccccn2)nc2cc(Br)sc2c1=O. The Balaban J connectivity index is 1.99. The van der Waals surface area contributed by atoms with Crippen molar-refractivity contribution in [2.24, 2.45) is 0 Å². The normalized spacial score (nSPS) is 12.0. The second-order valence-electron chi connectivity index (χ2n) is 7.00. The van der Waals surface area contributed by atoms with Crippen LogP contribution < -0.4 is 5.56 Å². The second kappa shape index (κ2) is 7.49. The van der Waals surface area contributed by atoms with Gasteiger partial charge in [-0.25, -0.2) is 4.98 Å². The number of ether oxygens (including phenoxy) is 1. The molecule has 25 heavy (non-hydrogen) atoms. The van der Waals surface area contributed by atoms with E-state index < -0.39 is 8.07 Å². The number of halogens is 1. The van der Waals surface area contributed by atoms with Gasteiger partial charge in [0.2, 0.25) is 0 Å². The molecular formula is C17H20BrN3O2SSi. The van der Waals surface area contributed by atoms with Crippen molar-refractivity contribution >= 4 is 45.6 Å². The van der Waals surface area contributed by atoms with E-state index in [1.54, 1.807) is 10.8 Å². The van der Waals surface area contributed by atoms with E-state index in [-0.39, 0.29) is 12.3 Å². The van der Waals surface area contributed by atoms with Gasteiger partial charge in [-0.1, -0.05) is 25.7 Å². The first-order valence-electron chi connectivity index (χ1n) is 8.04. The summed E-state index contributed by atoms with van der Waals surface area (Å²) in [7, 11) is -1.17. The van der Waals surface area contributed by atoms with Gasteiger partial charge in [-0.05, 0) is 40.2 Å². The van der Waals surface area contributed by atoms with E-state index in [0.29, 0.717) is 28.3 Å². The van der Waals surface area contributed by atoms with Crippen LogP contribution in [0.2, 0.25) is 25.7 Å². The van der Waals surface area contributed by atoms with E-state index in [0.717, 1.165) is 9.83 Å². The molecule has 0 bridgehead atoms. The highest BCUT2D eigenvalue weighted by atomic mass is 79.9. The minimum Gasteiger partial charge on any atom is -0.361 e. The molecule has 3 heterocycles. The Morgan fingerprint density at radius 2 is 2.12 bits per heavy atom. The van der Waals surface area contributed by atoms with Crippen LogP contribution in [0, 0.1) is 0 Å². The Kier molecular flexibility index (Phi) is 5.52. The molecule has 0 radical (unpaired) electrons. The van der Waals surface area contributed by atoms with Crippen molar-refractivity contribution in [1.29, 1.82) is 0 Å². The Morgan fingerprint density at radius 3 is 2.80 bits per heavy atom. The standard InChI is InChI=1S/C17H20BrN3O2SSi/c1-25(2,3)9-8-23-11-21-16(12-6-4-5-7-19-12)20-13-10-14(18)24-15(13)17(21)22/h4-7,10H,8-9,11H2,1-3H3. The molecular weight excluding hydrogens is 418 g/mol. The number of aromatic nitrogens is 3. The molecule has 0 saturated carbocycles. The summed E-state index contributed by atoms with van der Waals surface area (Å²) in [5.41, 5.74) is 1.26. The number of pyridine rings is 1. The third kappa shape index (κ3) is 4.44. The molecule has 0 saturated heterocycles. The summed E-state index contributed by atoms with van der Waals surface area (Å²) in [4.78, 5) is 22.0. The lowest BCUT2D eigenvalue weighted by atomic mass is 10.3. The maximum atomic E-state index is 12.9. The van der Waals surface area contributed by atoms with Crippen molar-refractivity contribution < 1.29 is 4.74 Å². The van der Waals surface area contributed by atoms with Crippen molar-refractivity contribution in [1.82, 2.24) is 14.5 Å². The van der Waals surface area contributed by atoms with Crippen LogP contribution in [0.15, 0.2) is 39.0 Å². The smallest absolute Gasteiger partial charge is 0.273 e. The highest BCUT2D eigenvalue weighted by Gasteiger charge is 2.17. The van der Waals surface area contributed by atoms with Crippen molar-refractivity contribution in [3.63, 3.8) is 0 Å². The quantitative estimate of drug-likeness (QED) is 0.417. The van der Waals surface area contributed by atoms with E-state index in [9.17, 15) is 4.79 Å². The van der Waals surface area contributed by atoms with E-state index >= 15 is 0 Å². The first-order valence-corrected chi connectivity index (χ1v) is 13.4. The zero-order valence-electron chi connectivity index (χ0n) is 14.5. The lowest BCUT2D eigenvalue weighted by molar-refractivity contribution is 0.0857. The number of hydrogen-bond acceptors (Lipinski definition) is 5. The van der Waals surface area contributed by atoms with Gasteiger partial charge in [-0.15, -0.1) is 11.3 Å². The minimum atomic E-state index is -1.17. The van der Waals surface area contributed by atoms with Gasteiger partial charge in [0, 0.05) is 20.9 Å². The Hall–Kier alpha value is -1.35. The summed E-state index contributed by atoms with van der Waals surface area (Å²) in [6, 6.07) is 8.51. The third-order valence-electron chi connectivity index (χ3n) is 3.71. The molecule has 8 heteroatoms. The van der Waals surface area contributed by atoms with Crippen LogP contribution in [-0.4, -0.2) is 29.2 Å². The first kappa shape index (κ1) is 18.4. The lowest BCUT2D eigenvalue weighted by Crippen LogP contribution is -2.26. The molecule has 0 N–H and O–H groups in total. The number of rotatable bonds is 6. The van der Waals surface area contributed by atoms with Gasteiger partial charge in [-0.3, -0.25) is 14.3 Å². The van der Waals surface area contributed by atoms with Crippen molar-refractivity contribution in [3.05, 3.63) is 44.6 Å². The van der Waals surface area contributed by atoms with Gasteiger partial charge >= 0.3 is 0 Å². The van der Waals surface area contributed by atoms with E-state index in [1.807, 2.05) is 24.3 Å². The molecule has 0 fully saturated rings. The average molecular weight is 438 g/mol. The molecule has 0 aromatic carbocycles. The summed E-state index contributed by atoms with van der Waals surface area (Å²) >= 11 is 4.83. The maximum absolute atomic E-state index is 12.9. The van der Waals surface area contributed by atoms with Gasteiger partial charge < -0.3 is 4.74 Å². The van der Waals surface area contributed by atoms with Crippen LogP contribution in [-0.2, 0) is 11.5 Å². The van der Waals surface area contributed by atoms with Gasteiger partial charge in [0.15, 0.2) is 5.82 Å². The summed E-state index contributed by atoms with van der Waals surface area (Å²) in [6.45, 7) is 7.75. The Labute approximate surface area is 159 Å². The summed E-state index contributed by atoms with van der Waals surface area (Å²) in [5, 5.41) is 0. The molecule has 0 spiro atoms. The molecule has 0 amide bonds. The van der Waals surface area contributed by atoms with Crippen molar-refractivity contribution in [2.45, 2.75) is 32.4 Å². The summed E-state index contributed by atoms with van der Waals surface area (Å²) < 4.78 is 8.91. The number of fused-ring (bicyclic) bond motifs is 1. The van der Waals surface area contributed by atoms with Crippen LogP contribution >= 0.6 is 27.3 Å². The Morgan fingerprint density at radius 1 is 1.32 bits per heavy atom. The Bertz CT molecular complexity index is 935. The van der Waals surface area contributed by atoms with Gasteiger partial charge in [0.05, 0.1) is 9.30 Å². The molecule has 0 atom stereocenters. The molecule has 0 aliphatic carbocycles. The predicted molar refractivity (Wildman–Crippen MR) is 109 cm³/mol. The number of nitrogens with zero attached hydrogens (tertiary/aromatic N) is 3. The van der Waals surface area contributed by atoms with Crippen LogP contribution in [0.4, 0.5) is 0 Å². The fourth-order valence-corrected chi connectivity index (χ4v) is 4.56. The number of thiophene rings is 1. The average Bonchev–Trinajstić information content (AvgIpc) is 2.93. The summed E-state index contributed by atoms with van der Waals surface area (Å²) in [5.74, 6) is 0.538. The van der Waals surface area contributed by atoms with Gasteiger partial charge in [-0.2, -0.15) is 0 Å². The largest absolute Gasteiger partial charge is 0.361 e. The van der Waals surface area contributed by atoms with E-state index in [4.69, 9.17) is 4.74 Å². The molecule has 132 valence electrons. The van der Waals surface area contributed by atoms with Crippen molar-refractivity contribution in [3.8, 4) is 11.5 Å². The minimum absolute atomic E-state index is 0.0886. The van der Waals surface area contributed by atoms with Crippen LogP contribution in [0.3, 0.4) is 0 Å². The zero-order valence-corrected chi connectivity index (χ0v) is 17.9. The topological polar surface area (TPSA) is 57.0 Å². The molecule has 3 aromatic rings. The van der Waals surface area contributed by atoms with Crippen LogP contribution in [0.1, 0.15) is 0 Å². The highest BCUT2D eigenvalue weighted by molar-refractivity contribution is 9.11. The molecule has 3 aromatic heterocycles. The summed E-state index contributed by atoms with van der Waals surface area (Å²) in [6.07, 6.45) is 1.70. The van der Waals surface area contributed by atoms with Gasteiger partial charge in [0.1, 0.15) is 17.1 Å². The monoisotopic (exact) mass is 437 g/mol. The molecule has 0 unspecified atom stereocenters. The second-order valence-corrected chi connectivity index (χ2v) is 15.0. The molecule has 3 rings (SSSR count). The highest BCUT2D eigenvalue weighted by Crippen LogP contribution is 2.27. The third-order valence-corrected chi connectivity index (χ3v) is 7.03. The maximum Gasteiger partial charge on any atom is 0.273 e. The molecule has 0 aliphatic heterocycles. The van der Waals surface area contributed by atoms with E-state index in [2.05, 4.69) is 45.5 Å². The van der Waals surface area contributed by atoms with Gasteiger partial charge in [0.25, 0.3) is 5.56 Å². The number of hydrogen-bond donors (Lipinski definition) is 0. The van der Waals surface area contributed by atoms with Crippen LogP contribution in [0.5, 0.6) is 0 Å². The molecule has 0 aliphatic rings. The fourth-order valence-electron chi connectivity index (χ4n) is 2.33. The fraction of sp³-hybridized carbons (Fsp3) is 0.353.